The largest absolute Gasteiger partial charge is 0.480 e. The number of carboxylic acids is 1. The number of rotatable bonds is 4. The fourth-order valence-electron chi connectivity index (χ4n) is 3.59. The summed E-state index contributed by atoms with van der Waals surface area (Å²) < 4.78 is 5.14. The van der Waals surface area contributed by atoms with Crippen LogP contribution in [0.3, 0.4) is 0 Å². The summed E-state index contributed by atoms with van der Waals surface area (Å²) in [5, 5.41) is 11.8. The first kappa shape index (κ1) is 16.1. The van der Waals surface area contributed by atoms with Crippen molar-refractivity contribution in [1.82, 2.24) is 5.32 Å². The molecular weight excluding hydrogens is 270 g/mol. The number of hydrogen-bond acceptors (Lipinski definition) is 3. The zero-order valence-electron chi connectivity index (χ0n) is 13.3. The summed E-state index contributed by atoms with van der Waals surface area (Å²) in [6, 6.07) is -0.842. The second-order valence-electron chi connectivity index (χ2n) is 7.60. The number of carbonyl (C=O) groups excluding carboxylic acids is 1. The lowest BCUT2D eigenvalue weighted by Crippen LogP contribution is -2.44. The minimum atomic E-state index is -0.973. The van der Waals surface area contributed by atoms with Crippen LogP contribution in [0.5, 0.6) is 0 Å². The number of amides is 1. The summed E-state index contributed by atoms with van der Waals surface area (Å²) in [6.07, 6.45) is 7.25. The zero-order valence-corrected chi connectivity index (χ0v) is 13.3. The topological polar surface area (TPSA) is 75.6 Å². The van der Waals surface area contributed by atoms with E-state index in [0.717, 1.165) is 6.42 Å². The number of aliphatic carboxylic acids is 1. The van der Waals surface area contributed by atoms with E-state index in [9.17, 15) is 14.7 Å². The van der Waals surface area contributed by atoms with Gasteiger partial charge in [-0.15, -0.1) is 0 Å². The SMILES string of the molecule is CC(C)(C)OC(=O)NC(CC1CC12CCCCC2)C(=O)O. The van der Waals surface area contributed by atoms with Crippen molar-refractivity contribution in [2.24, 2.45) is 11.3 Å². The summed E-state index contributed by atoms with van der Waals surface area (Å²) >= 11 is 0. The molecule has 2 atom stereocenters. The second-order valence-corrected chi connectivity index (χ2v) is 7.60. The van der Waals surface area contributed by atoms with Crippen molar-refractivity contribution < 1.29 is 19.4 Å². The monoisotopic (exact) mass is 297 g/mol. The maximum absolute atomic E-state index is 11.7. The first-order chi connectivity index (χ1) is 9.72. The Bertz CT molecular complexity index is 407. The second kappa shape index (κ2) is 5.85. The van der Waals surface area contributed by atoms with E-state index in [0.29, 0.717) is 17.8 Å². The molecule has 0 saturated heterocycles. The normalized spacial score (nSPS) is 25.2. The number of carbonyl (C=O) groups is 2. The van der Waals surface area contributed by atoms with Crippen LogP contribution in [0.4, 0.5) is 4.79 Å². The fraction of sp³-hybridized carbons (Fsp3) is 0.875. The molecule has 0 aromatic heterocycles. The molecule has 0 aromatic carbocycles. The summed E-state index contributed by atoms with van der Waals surface area (Å²) in [5.74, 6) is -0.535. The van der Waals surface area contributed by atoms with Crippen LogP contribution in [0, 0.1) is 11.3 Å². The number of ether oxygens (including phenoxy) is 1. The Balaban J connectivity index is 1.86. The molecule has 5 heteroatoms. The lowest BCUT2D eigenvalue weighted by Gasteiger charge is -2.24. The molecule has 2 saturated carbocycles. The highest BCUT2D eigenvalue weighted by atomic mass is 16.6. The molecule has 0 aliphatic heterocycles. The van der Waals surface area contributed by atoms with Crippen molar-refractivity contribution in [3.8, 4) is 0 Å². The molecule has 0 bridgehead atoms. The van der Waals surface area contributed by atoms with Crippen LogP contribution in [0.1, 0.15) is 65.7 Å². The van der Waals surface area contributed by atoms with Crippen molar-refractivity contribution in [2.75, 3.05) is 0 Å². The maximum Gasteiger partial charge on any atom is 0.408 e. The van der Waals surface area contributed by atoms with Gasteiger partial charge in [-0.3, -0.25) is 0 Å². The Morgan fingerprint density at radius 3 is 2.43 bits per heavy atom. The molecule has 2 aliphatic carbocycles. The minimum Gasteiger partial charge on any atom is -0.480 e. The van der Waals surface area contributed by atoms with E-state index >= 15 is 0 Å². The Morgan fingerprint density at radius 2 is 1.90 bits per heavy atom. The average Bonchev–Trinajstić information content (AvgIpc) is 2.98. The molecule has 21 heavy (non-hydrogen) atoms. The highest BCUT2D eigenvalue weighted by molar-refractivity contribution is 5.80. The number of alkyl carbamates (subject to hydrolysis) is 1. The van der Waals surface area contributed by atoms with Gasteiger partial charge in [0.25, 0.3) is 0 Å². The van der Waals surface area contributed by atoms with Crippen molar-refractivity contribution >= 4 is 12.1 Å². The van der Waals surface area contributed by atoms with Crippen molar-refractivity contribution in [2.45, 2.75) is 77.4 Å². The summed E-state index contributed by atoms with van der Waals surface area (Å²) in [6.45, 7) is 5.29. The quantitative estimate of drug-likeness (QED) is 0.834. The van der Waals surface area contributed by atoms with Crippen LogP contribution in [0.25, 0.3) is 0 Å². The van der Waals surface area contributed by atoms with Crippen molar-refractivity contribution in [1.29, 1.82) is 0 Å². The van der Waals surface area contributed by atoms with E-state index in [1.165, 1.54) is 32.1 Å². The smallest absolute Gasteiger partial charge is 0.408 e. The number of carboxylic acid groups (broad SMARTS) is 1. The van der Waals surface area contributed by atoms with Gasteiger partial charge in [-0.05, 0) is 57.8 Å². The lowest BCUT2D eigenvalue weighted by atomic mass is 9.83. The Morgan fingerprint density at radius 1 is 1.29 bits per heavy atom. The van der Waals surface area contributed by atoms with Gasteiger partial charge in [-0.1, -0.05) is 19.3 Å². The third kappa shape index (κ3) is 4.35. The van der Waals surface area contributed by atoms with E-state index < -0.39 is 23.7 Å². The van der Waals surface area contributed by atoms with E-state index in [1.807, 2.05) is 0 Å². The molecule has 0 radical (unpaired) electrons. The molecule has 2 N–H and O–H groups in total. The molecule has 1 spiro atoms. The van der Waals surface area contributed by atoms with Gasteiger partial charge in [-0.2, -0.15) is 0 Å². The molecule has 2 rings (SSSR count). The van der Waals surface area contributed by atoms with E-state index in [1.54, 1.807) is 20.8 Å². The van der Waals surface area contributed by atoms with Crippen molar-refractivity contribution in [3.05, 3.63) is 0 Å². The molecule has 0 aromatic rings. The minimum absolute atomic E-state index is 0.377. The Hall–Kier alpha value is -1.26. The van der Waals surface area contributed by atoms with Gasteiger partial charge >= 0.3 is 12.1 Å². The third-order valence-corrected chi connectivity index (χ3v) is 4.72. The molecule has 0 heterocycles. The Kier molecular flexibility index (Phi) is 4.49. The first-order valence-electron chi connectivity index (χ1n) is 7.94. The zero-order chi connectivity index (χ0) is 15.7. The summed E-state index contributed by atoms with van der Waals surface area (Å²) in [4.78, 5) is 23.1. The highest BCUT2D eigenvalue weighted by Crippen LogP contribution is 2.63. The predicted octanol–water partition coefficient (Wildman–Crippen LogP) is 3.32. The standard InChI is InChI=1S/C16H27NO4/c1-15(2,3)21-14(20)17-12(13(18)19)9-11-10-16(11)7-5-4-6-8-16/h11-12H,4-10H2,1-3H3,(H,17,20)(H,18,19). The first-order valence-corrected chi connectivity index (χ1v) is 7.94. The molecule has 2 unspecified atom stereocenters. The fourth-order valence-corrected chi connectivity index (χ4v) is 3.59. The van der Waals surface area contributed by atoms with Gasteiger partial charge in [0.15, 0.2) is 0 Å². The van der Waals surface area contributed by atoms with Crippen molar-refractivity contribution in [3.63, 3.8) is 0 Å². The van der Waals surface area contributed by atoms with Crippen LogP contribution in [0.15, 0.2) is 0 Å². The number of hydrogen-bond donors (Lipinski definition) is 2. The predicted molar refractivity (Wildman–Crippen MR) is 79.0 cm³/mol. The molecule has 2 fully saturated rings. The number of nitrogens with one attached hydrogen (secondary N) is 1. The maximum atomic E-state index is 11.7. The Labute approximate surface area is 126 Å². The summed E-state index contributed by atoms with van der Waals surface area (Å²) in [5.41, 5.74) is -0.237. The lowest BCUT2D eigenvalue weighted by molar-refractivity contribution is -0.139. The van der Waals surface area contributed by atoms with Gasteiger partial charge in [0, 0.05) is 0 Å². The molecule has 120 valence electrons. The molecule has 1 amide bonds. The van der Waals surface area contributed by atoms with Crippen LogP contribution in [0.2, 0.25) is 0 Å². The van der Waals surface area contributed by atoms with Crippen LogP contribution < -0.4 is 5.32 Å². The van der Waals surface area contributed by atoms with E-state index in [-0.39, 0.29) is 0 Å². The molecular formula is C16H27NO4. The average molecular weight is 297 g/mol. The van der Waals surface area contributed by atoms with E-state index in [4.69, 9.17) is 4.74 Å². The van der Waals surface area contributed by atoms with Crippen LogP contribution >= 0.6 is 0 Å². The molecule has 5 nitrogen and oxygen atoms in total. The molecule has 2 aliphatic rings. The van der Waals surface area contributed by atoms with Crippen LogP contribution in [-0.2, 0) is 9.53 Å². The summed E-state index contributed by atoms with van der Waals surface area (Å²) in [7, 11) is 0. The van der Waals surface area contributed by atoms with Gasteiger partial charge in [0.2, 0.25) is 0 Å². The van der Waals surface area contributed by atoms with Gasteiger partial charge in [0.1, 0.15) is 11.6 Å². The van der Waals surface area contributed by atoms with E-state index in [2.05, 4.69) is 5.32 Å². The highest BCUT2D eigenvalue weighted by Gasteiger charge is 2.54. The van der Waals surface area contributed by atoms with Gasteiger partial charge in [0.05, 0.1) is 0 Å². The van der Waals surface area contributed by atoms with Gasteiger partial charge in [-0.25, -0.2) is 9.59 Å². The van der Waals surface area contributed by atoms with Crippen LogP contribution in [-0.4, -0.2) is 28.8 Å². The third-order valence-electron chi connectivity index (χ3n) is 4.72. The van der Waals surface area contributed by atoms with Gasteiger partial charge < -0.3 is 15.2 Å².